The van der Waals surface area contributed by atoms with Crippen molar-refractivity contribution in [1.82, 2.24) is 15.3 Å². The molecule has 7 nitrogen and oxygen atoms in total. The molecule has 1 heterocycles. The topological polar surface area (TPSA) is 101 Å². The first-order valence-corrected chi connectivity index (χ1v) is 5.60. The summed E-state index contributed by atoms with van der Waals surface area (Å²) in [6, 6.07) is 4.65. The molecule has 0 unspecified atom stereocenters. The van der Waals surface area contributed by atoms with Crippen molar-refractivity contribution in [3.8, 4) is 0 Å². The lowest BCUT2D eigenvalue weighted by atomic mass is 10.1. The van der Waals surface area contributed by atoms with Crippen LogP contribution in [0.15, 0.2) is 30.6 Å². The van der Waals surface area contributed by atoms with Gasteiger partial charge in [-0.2, -0.15) is 0 Å². The van der Waals surface area contributed by atoms with Crippen LogP contribution in [0.4, 0.5) is 5.69 Å². The van der Waals surface area contributed by atoms with Gasteiger partial charge in [0.05, 0.1) is 11.5 Å². The summed E-state index contributed by atoms with van der Waals surface area (Å²) in [5.41, 5.74) is 0.339. The van der Waals surface area contributed by atoms with Crippen LogP contribution in [0.3, 0.4) is 0 Å². The predicted molar refractivity (Wildman–Crippen MR) is 67.6 cm³/mol. The third-order valence-electron chi connectivity index (χ3n) is 2.64. The number of hydrogen-bond acceptors (Lipinski definition) is 4. The Labute approximate surface area is 108 Å². The highest BCUT2D eigenvalue weighted by molar-refractivity contribution is 5.98. The van der Waals surface area contributed by atoms with E-state index in [-0.39, 0.29) is 17.8 Å². The van der Waals surface area contributed by atoms with E-state index in [1.807, 2.05) is 0 Å². The minimum atomic E-state index is -0.545. The zero-order valence-corrected chi connectivity index (χ0v) is 10.2. The number of nitro groups is 1. The van der Waals surface area contributed by atoms with Crippen LogP contribution in [0.25, 0.3) is 0 Å². The van der Waals surface area contributed by atoms with Crippen LogP contribution in [-0.2, 0) is 6.54 Å². The zero-order valence-electron chi connectivity index (χ0n) is 10.2. The Bertz CT molecular complexity index is 607. The van der Waals surface area contributed by atoms with E-state index < -0.39 is 10.8 Å². The number of amides is 1. The van der Waals surface area contributed by atoms with E-state index in [2.05, 4.69) is 15.3 Å². The molecule has 0 atom stereocenters. The molecule has 2 aromatic rings. The number of benzene rings is 1. The molecule has 0 bridgehead atoms. The minimum Gasteiger partial charge on any atom is -0.347 e. The number of nitrogens with zero attached hydrogens (tertiary/aromatic N) is 2. The standard InChI is InChI=1S/C12H12N4O3/c1-8-3-2-4-9(11(8)16(18)19)12(17)15-7-10-13-5-6-14-10/h2-6H,7H2,1H3,(H,13,14)(H,15,17). The average Bonchev–Trinajstić information content (AvgIpc) is 2.88. The van der Waals surface area contributed by atoms with Crippen molar-refractivity contribution in [3.05, 3.63) is 57.7 Å². The van der Waals surface area contributed by atoms with Gasteiger partial charge in [-0.1, -0.05) is 12.1 Å². The fraction of sp³-hybridized carbons (Fsp3) is 0.167. The lowest BCUT2D eigenvalue weighted by molar-refractivity contribution is -0.385. The third kappa shape index (κ3) is 2.76. The number of para-hydroxylation sites is 1. The summed E-state index contributed by atoms with van der Waals surface area (Å²) in [6.45, 7) is 1.79. The first-order valence-electron chi connectivity index (χ1n) is 5.60. The molecule has 2 N–H and O–H groups in total. The fourth-order valence-corrected chi connectivity index (χ4v) is 1.74. The summed E-state index contributed by atoms with van der Waals surface area (Å²) in [4.78, 5) is 29.2. The summed E-state index contributed by atoms with van der Waals surface area (Å²) in [5.74, 6) is 0.0930. The van der Waals surface area contributed by atoms with Crippen molar-refractivity contribution in [2.24, 2.45) is 0 Å². The summed E-state index contributed by atoms with van der Waals surface area (Å²) in [6.07, 6.45) is 3.20. The van der Waals surface area contributed by atoms with E-state index >= 15 is 0 Å². The molecule has 98 valence electrons. The number of nitro benzene ring substituents is 1. The molecule has 0 aliphatic heterocycles. The normalized spacial score (nSPS) is 10.2. The lowest BCUT2D eigenvalue weighted by Crippen LogP contribution is -2.24. The molecule has 0 saturated heterocycles. The summed E-state index contributed by atoms with van der Waals surface area (Å²) in [7, 11) is 0. The van der Waals surface area contributed by atoms with E-state index in [1.54, 1.807) is 31.5 Å². The average molecular weight is 260 g/mol. The maximum Gasteiger partial charge on any atom is 0.285 e. The summed E-state index contributed by atoms with van der Waals surface area (Å²) < 4.78 is 0. The quantitative estimate of drug-likeness (QED) is 0.643. The molecular formula is C12H12N4O3. The first-order chi connectivity index (χ1) is 9.09. The number of imidazole rings is 1. The van der Waals surface area contributed by atoms with Gasteiger partial charge < -0.3 is 10.3 Å². The second-order valence-corrected chi connectivity index (χ2v) is 3.95. The van der Waals surface area contributed by atoms with Crippen molar-refractivity contribution in [2.75, 3.05) is 0 Å². The van der Waals surface area contributed by atoms with Crippen LogP contribution in [0.2, 0.25) is 0 Å². The largest absolute Gasteiger partial charge is 0.347 e. The molecule has 0 saturated carbocycles. The van der Waals surface area contributed by atoms with E-state index in [0.717, 1.165) is 0 Å². The van der Waals surface area contributed by atoms with Crippen molar-refractivity contribution >= 4 is 11.6 Å². The van der Waals surface area contributed by atoms with Crippen LogP contribution in [0.1, 0.15) is 21.7 Å². The van der Waals surface area contributed by atoms with Crippen molar-refractivity contribution < 1.29 is 9.72 Å². The van der Waals surface area contributed by atoms with Crippen molar-refractivity contribution in [1.29, 1.82) is 0 Å². The monoisotopic (exact) mass is 260 g/mol. The van der Waals surface area contributed by atoms with E-state index in [1.165, 1.54) is 6.07 Å². The van der Waals surface area contributed by atoms with E-state index in [4.69, 9.17) is 0 Å². The maximum absolute atomic E-state index is 12.0. The molecule has 1 aromatic carbocycles. The second kappa shape index (κ2) is 5.30. The van der Waals surface area contributed by atoms with Gasteiger partial charge in [-0.3, -0.25) is 14.9 Å². The molecule has 0 fully saturated rings. The van der Waals surface area contributed by atoms with Gasteiger partial charge in [0.1, 0.15) is 11.4 Å². The van der Waals surface area contributed by atoms with Gasteiger partial charge in [0.2, 0.25) is 0 Å². The summed E-state index contributed by atoms with van der Waals surface area (Å²) >= 11 is 0. The number of rotatable bonds is 4. The molecule has 0 aliphatic carbocycles. The van der Waals surface area contributed by atoms with Crippen LogP contribution in [0.5, 0.6) is 0 Å². The number of nitrogens with one attached hydrogen (secondary N) is 2. The third-order valence-corrected chi connectivity index (χ3v) is 2.64. The van der Waals surface area contributed by atoms with Gasteiger partial charge in [-0.15, -0.1) is 0 Å². The van der Waals surface area contributed by atoms with Crippen LogP contribution >= 0.6 is 0 Å². The van der Waals surface area contributed by atoms with Crippen LogP contribution < -0.4 is 5.32 Å². The number of aromatic nitrogens is 2. The zero-order chi connectivity index (χ0) is 13.8. The Kier molecular flexibility index (Phi) is 3.56. The predicted octanol–water partition coefficient (Wildman–Crippen LogP) is 1.56. The highest BCUT2D eigenvalue weighted by atomic mass is 16.6. The van der Waals surface area contributed by atoms with Gasteiger partial charge >= 0.3 is 0 Å². The van der Waals surface area contributed by atoms with Crippen LogP contribution in [0, 0.1) is 17.0 Å². The Balaban J connectivity index is 2.19. The fourth-order valence-electron chi connectivity index (χ4n) is 1.74. The van der Waals surface area contributed by atoms with Crippen molar-refractivity contribution in [3.63, 3.8) is 0 Å². The SMILES string of the molecule is Cc1cccc(C(=O)NCc2ncc[nH]2)c1[N+](=O)[O-]. The number of H-pyrrole nitrogens is 1. The Morgan fingerprint density at radius 1 is 1.53 bits per heavy atom. The second-order valence-electron chi connectivity index (χ2n) is 3.95. The minimum absolute atomic E-state index is 0.0524. The molecule has 0 radical (unpaired) electrons. The molecule has 19 heavy (non-hydrogen) atoms. The number of carbonyl (C=O) groups is 1. The Hall–Kier alpha value is -2.70. The molecule has 2 rings (SSSR count). The molecule has 0 aliphatic rings. The summed E-state index contributed by atoms with van der Waals surface area (Å²) in [5, 5.41) is 13.6. The first kappa shape index (κ1) is 12.7. The lowest BCUT2D eigenvalue weighted by Gasteiger charge is -2.05. The molecule has 0 spiro atoms. The Morgan fingerprint density at radius 2 is 2.32 bits per heavy atom. The van der Waals surface area contributed by atoms with E-state index in [9.17, 15) is 14.9 Å². The molecule has 1 amide bonds. The van der Waals surface area contributed by atoms with Gasteiger partial charge in [-0.25, -0.2) is 4.98 Å². The molecule has 1 aromatic heterocycles. The van der Waals surface area contributed by atoms with Gasteiger partial charge in [0, 0.05) is 18.0 Å². The maximum atomic E-state index is 12.0. The number of aryl methyl sites for hydroxylation is 1. The highest BCUT2D eigenvalue weighted by Crippen LogP contribution is 2.22. The highest BCUT2D eigenvalue weighted by Gasteiger charge is 2.22. The van der Waals surface area contributed by atoms with Crippen LogP contribution in [-0.4, -0.2) is 20.8 Å². The Morgan fingerprint density at radius 3 is 2.95 bits per heavy atom. The van der Waals surface area contributed by atoms with Gasteiger partial charge in [0.25, 0.3) is 11.6 Å². The van der Waals surface area contributed by atoms with Gasteiger partial charge in [0.15, 0.2) is 0 Å². The molecule has 7 heteroatoms. The van der Waals surface area contributed by atoms with Crippen molar-refractivity contribution in [2.45, 2.75) is 13.5 Å². The molecular weight excluding hydrogens is 248 g/mol. The number of aromatic amines is 1. The van der Waals surface area contributed by atoms with E-state index in [0.29, 0.717) is 11.4 Å². The van der Waals surface area contributed by atoms with Gasteiger partial charge in [-0.05, 0) is 13.0 Å². The smallest absolute Gasteiger partial charge is 0.285 e. The number of hydrogen-bond donors (Lipinski definition) is 2. The number of carbonyl (C=O) groups excluding carboxylic acids is 1.